The van der Waals surface area contributed by atoms with Crippen LogP contribution in [0.2, 0.25) is 0 Å². The maximum absolute atomic E-state index is 3.74. The average Bonchev–Trinajstić information content (AvgIpc) is 2.64. The zero-order valence-electron chi connectivity index (χ0n) is 6.46. The summed E-state index contributed by atoms with van der Waals surface area (Å²) in [5, 5.41) is 1.93. The Labute approximate surface area is 93.5 Å². The third kappa shape index (κ3) is 6.30. The van der Waals surface area contributed by atoms with Gasteiger partial charge >= 0.3 is 0 Å². The second kappa shape index (κ2) is 8.67. The molecule has 0 saturated heterocycles. The number of hydrogen-bond donors (Lipinski definition) is 0. The fourth-order valence-electron chi connectivity index (χ4n) is 0.561. The van der Waals surface area contributed by atoms with E-state index >= 15 is 0 Å². The van der Waals surface area contributed by atoms with E-state index in [1.54, 1.807) is 23.0 Å². The lowest BCUT2D eigenvalue weighted by molar-refractivity contribution is 1.43. The van der Waals surface area contributed by atoms with Gasteiger partial charge in [-0.05, 0) is 0 Å². The number of nitrogens with zero attached hydrogens (tertiary/aromatic N) is 1. The zero-order valence-corrected chi connectivity index (χ0v) is 9.61. The molecule has 1 heterocycles. The van der Waals surface area contributed by atoms with Crippen LogP contribution in [0.5, 0.6) is 0 Å². The Morgan fingerprint density at radius 2 is 1.33 bits per heavy atom. The Balaban J connectivity index is 0.000000189. The largest absolute Gasteiger partial charge is 0.253 e. The van der Waals surface area contributed by atoms with E-state index in [1.807, 2.05) is 41.8 Å². The standard InChI is InChI=1S/C6H6.C3H3NS.HI/c1-2-4-6-5-3-1;1-2-5-3-4-1;/h1-6H;1-3H;1H. The van der Waals surface area contributed by atoms with Crippen LogP contribution in [-0.4, -0.2) is 4.98 Å². The van der Waals surface area contributed by atoms with Crippen molar-refractivity contribution in [1.82, 2.24) is 4.98 Å². The van der Waals surface area contributed by atoms with E-state index < -0.39 is 0 Å². The van der Waals surface area contributed by atoms with E-state index in [0.717, 1.165) is 0 Å². The third-order valence-corrected chi connectivity index (χ3v) is 1.54. The van der Waals surface area contributed by atoms with Crippen molar-refractivity contribution >= 4 is 35.3 Å². The lowest BCUT2D eigenvalue weighted by Crippen LogP contribution is -1.47. The minimum atomic E-state index is 0. The van der Waals surface area contributed by atoms with E-state index in [9.17, 15) is 0 Å². The molecule has 0 saturated carbocycles. The van der Waals surface area contributed by atoms with Crippen molar-refractivity contribution in [2.75, 3.05) is 0 Å². The van der Waals surface area contributed by atoms with Crippen molar-refractivity contribution in [1.29, 1.82) is 0 Å². The van der Waals surface area contributed by atoms with Crippen LogP contribution in [-0.2, 0) is 0 Å². The first-order valence-electron chi connectivity index (χ1n) is 3.32. The molecule has 0 spiro atoms. The van der Waals surface area contributed by atoms with E-state index in [-0.39, 0.29) is 24.0 Å². The molecule has 1 nitrogen and oxygen atoms in total. The number of thiazole rings is 1. The normalized spacial score (nSPS) is 7.33. The van der Waals surface area contributed by atoms with Crippen molar-refractivity contribution in [3.05, 3.63) is 53.5 Å². The number of halogens is 1. The molecule has 1 aromatic heterocycles. The quantitative estimate of drug-likeness (QED) is 0.677. The summed E-state index contributed by atoms with van der Waals surface area (Å²) in [6, 6.07) is 12.0. The molecule has 0 unspecified atom stereocenters. The Hall–Kier alpha value is -0.420. The van der Waals surface area contributed by atoms with Crippen molar-refractivity contribution < 1.29 is 0 Å². The highest BCUT2D eigenvalue weighted by Gasteiger charge is 1.59. The molecule has 1 aromatic carbocycles. The molecular formula is C9H10INS. The van der Waals surface area contributed by atoms with Crippen molar-refractivity contribution in [2.24, 2.45) is 0 Å². The molecule has 2 rings (SSSR count). The third-order valence-electron chi connectivity index (χ3n) is 1.01. The summed E-state index contributed by atoms with van der Waals surface area (Å²) >= 11 is 1.60. The van der Waals surface area contributed by atoms with Crippen molar-refractivity contribution in [2.45, 2.75) is 0 Å². The van der Waals surface area contributed by atoms with Crippen molar-refractivity contribution in [3.63, 3.8) is 0 Å². The molecule has 0 amide bonds. The van der Waals surface area contributed by atoms with Gasteiger partial charge in [-0.25, -0.2) is 0 Å². The smallest absolute Gasteiger partial charge is 0.0791 e. The number of aromatic nitrogens is 1. The highest BCUT2D eigenvalue weighted by atomic mass is 127. The Morgan fingerprint density at radius 1 is 0.833 bits per heavy atom. The van der Waals surface area contributed by atoms with Gasteiger partial charge < -0.3 is 0 Å². The fraction of sp³-hybridized carbons (Fsp3) is 0. The molecule has 3 heteroatoms. The summed E-state index contributed by atoms with van der Waals surface area (Å²) in [4.78, 5) is 3.74. The number of rotatable bonds is 0. The first kappa shape index (κ1) is 11.6. The van der Waals surface area contributed by atoms with Gasteiger partial charge in [0.05, 0.1) is 5.51 Å². The fourth-order valence-corrected chi connectivity index (χ4v) is 0.912. The SMILES string of the molecule is I.c1ccccc1.c1cscn1. The minimum Gasteiger partial charge on any atom is -0.253 e. The lowest BCUT2D eigenvalue weighted by Gasteiger charge is -1.69. The summed E-state index contributed by atoms with van der Waals surface area (Å²) in [5.41, 5.74) is 1.79. The average molecular weight is 291 g/mol. The molecule has 0 aliphatic heterocycles. The molecule has 2 aromatic rings. The lowest BCUT2D eigenvalue weighted by atomic mass is 10.4. The summed E-state index contributed by atoms with van der Waals surface area (Å²) in [6.45, 7) is 0. The summed E-state index contributed by atoms with van der Waals surface area (Å²) in [5.74, 6) is 0. The van der Waals surface area contributed by atoms with E-state index in [2.05, 4.69) is 4.98 Å². The minimum absolute atomic E-state index is 0. The highest BCUT2D eigenvalue weighted by Crippen LogP contribution is 1.85. The molecule has 12 heavy (non-hydrogen) atoms. The van der Waals surface area contributed by atoms with E-state index in [4.69, 9.17) is 0 Å². The Bertz CT molecular complexity index is 200. The zero-order chi connectivity index (χ0) is 7.78. The van der Waals surface area contributed by atoms with Gasteiger partial charge in [0.15, 0.2) is 0 Å². The maximum Gasteiger partial charge on any atom is 0.0791 e. The van der Waals surface area contributed by atoms with Gasteiger partial charge in [0.25, 0.3) is 0 Å². The predicted octanol–water partition coefficient (Wildman–Crippen LogP) is 3.45. The van der Waals surface area contributed by atoms with Gasteiger partial charge in [-0.2, -0.15) is 0 Å². The van der Waals surface area contributed by atoms with Crippen LogP contribution in [0.25, 0.3) is 0 Å². The van der Waals surface area contributed by atoms with E-state index in [0.29, 0.717) is 0 Å². The van der Waals surface area contributed by atoms with Crippen molar-refractivity contribution in [3.8, 4) is 0 Å². The van der Waals surface area contributed by atoms with Gasteiger partial charge in [-0.1, -0.05) is 36.4 Å². The van der Waals surface area contributed by atoms with Gasteiger partial charge in [0.2, 0.25) is 0 Å². The van der Waals surface area contributed by atoms with Crippen LogP contribution in [0.15, 0.2) is 53.5 Å². The molecular weight excluding hydrogens is 281 g/mol. The van der Waals surface area contributed by atoms with Crippen LogP contribution >= 0.6 is 35.3 Å². The Kier molecular flexibility index (Phi) is 8.37. The Morgan fingerprint density at radius 3 is 1.50 bits per heavy atom. The predicted molar refractivity (Wildman–Crippen MR) is 64.0 cm³/mol. The van der Waals surface area contributed by atoms with Crippen LogP contribution in [0.1, 0.15) is 0 Å². The molecule has 0 N–H and O–H groups in total. The molecule has 0 aliphatic carbocycles. The summed E-state index contributed by atoms with van der Waals surface area (Å²) < 4.78 is 0. The molecule has 0 fully saturated rings. The monoisotopic (exact) mass is 291 g/mol. The number of hydrogen-bond acceptors (Lipinski definition) is 2. The van der Waals surface area contributed by atoms with Gasteiger partial charge in [-0.15, -0.1) is 35.3 Å². The van der Waals surface area contributed by atoms with E-state index in [1.165, 1.54) is 0 Å². The van der Waals surface area contributed by atoms with Crippen LogP contribution in [0, 0.1) is 0 Å². The highest BCUT2D eigenvalue weighted by molar-refractivity contribution is 14.0. The molecule has 0 bridgehead atoms. The molecule has 0 radical (unpaired) electrons. The summed E-state index contributed by atoms with van der Waals surface area (Å²) in [6.07, 6.45) is 1.77. The second-order valence-corrected chi connectivity index (χ2v) is 2.59. The van der Waals surface area contributed by atoms with Crippen LogP contribution < -0.4 is 0 Å². The summed E-state index contributed by atoms with van der Waals surface area (Å²) in [7, 11) is 0. The first-order chi connectivity index (χ1) is 5.50. The van der Waals surface area contributed by atoms with Gasteiger partial charge in [0.1, 0.15) is 0 Å². The maximum atomic E-state index is 3.74. The van der Waals surface area contributed by atoms with Crippen LogP contribution in [0.4, 0.5) is 0 Å². The van der Waals surface area contributed by atoms with Crippen LogP contribution in [0.3, 0.4) is 0 Å². The molecule has 64 valence electrons. The molecule has 0 atom stereocenters. The molecule has 0 aliphatic rings. The first-order valence-corrected chi connectivity index (χ1v) is 4.26. The van der Waals surface area contributed by atoms with Gasteiger partial charge in [-0.3, -0.25) is 4.98 Å². The van der Waals surface area contributed by atoms with Gasteiger partial charge in [0, 0.05) is 11.6 Å². The number of benzene rings is 1. The second-order valence-electron chi connectivity index (χ2n) is 1.83. The topological polar surface area (TPSA) is 12.9 Å².